The van der Waals surface area contributed by atoms with Crippen molar-refractivity contribution >= 4 is 0 Å². The number of para-hydroxylation sites is 2. The Bertz CT molecular complexity index is 679. The van der Waals surface area contributed by atoms with Crippen LogP contribution >= 0.6 is 0 Å². The summed E-state index contributed by atoms with van der Waals surface area (Å²) in [6.07, 6.45) is 4.96. The second-order valence-electron chi connectivity index (χ2n) is 7.00. The van der Waals surface area contributed by atoms with Gasteiger partial charge in [-0.25, -0.2) is 0 Å². The van der Waals surface area contributed by atoms with Crippen LogP contribution in [0.2, 0.25) is 0 Å². The number of ether oxygens (including phenoxy) is 2. The molecule has 1 aliphatic carbocycles. The lowest BCUT2D eigenvalue weighted by Crippen LogP contribution is -2.53. The molecule has 3 nitrogen and oxygen atoms in total. The van der Waals surface area contributed by atoms with Gasteiger partial charge in [0.1, 0.15) is 12.7 Å². The maximum Gasteiger partial charge on any atom is 0.161 e. The molecule has 1 heterocycles. The second kappa shape index (κ2) is 6.48. The quantitative estimate of drug-likeness (QED) is 0.911. The topological polar surface area (TPSA) is 30.5 Å². The maximum atomic E-state index is 6.20. The fraction of sp³-hybridized carbons (Fsp3) is 0.429. The van der Waals surface area contributed by atoms with Crippen LogP contribution in [0.1, 0.15) is 38.2 Å². The highest BCUT2D eigenvalue weighted by atomic mass is 16.6. The van der Waals surface area contributed by atoms with E-state index in [0.29, 0.717) is 6.61 Å². The zero-order valence-corrected chi connectivity index (χ0v) is 14.2. The van der Waals surface area contributed by atoms with Crippen LogP contribution in [0.5, 0.6) is 11.5 Å². The maximum absolute atomic E-state index is 6.20. The van der Waals surface area contributed by atoms with Gasteiger partial charge in [-0.15, -0.1) is 0 Å². The average Bonchev–Trinajstić information content (AvgIpc) is 3.12. The number of hydrogen-bond donors (Lipinski definition) is 1. The molecule has 1 aliphatic heterocycles. The molecule has 0 saturated heterocycles. The Kier molecular flexibility index (Phi) is 4.19. The van der Waals surface area contributed by atoms with Crippen LogP contribution in [0.15, 0.2) is 54.6 Å². The van der Waals surface area contributed by atoms with Crippen LogP contribution in [0.3, 0.4) is 0 Å². The van der Waals surface area contributed by atoms with Crippen LogP contribution in [-0.2, 0) is 5.54 Å². The molecule has 1 N–H and O–H groups in total. The molecule has 0 amide bonds. The lowest BCUT2D eigenvalue weighted by molar-refractivity contribution is 0.0553. The van der Waals surface area contributed by atoms with E-state index in [1.165, 1.54) is 31.2 Å². The van der Waals surface area contributed by atoms with Crippen molar-refractivity contribution in [1.29, 1.82) is 0 Å². The van der Waals surface area contributed by atoms with E-state index < -0.39 is 0 Å². The summed E-state index contributed by atoms with van der Waals surface area (Å²) in [6.45, 7) is 2.81. The number of benzene rings is 2. The minimum atomic E-state index is 0.0288. The Morgan fingerprint density at radius 3 is 2.38 bits per heavy atom. The van der Waals surface area contributed by atoms with Gasteiger partial charge in [0.05, 0.1) is 0 Å². The van der Waals surface area contributed by atoms with Gasteiger partial charge < -0.3 is 14.8 Å². The van der Waals surface area contributed by atoms with Crippen LogP contribution in [0.25, 0.3) is 0 Å². The molecule has 0 radical (unpaired) electrons. The Labute approximate surface area is 144 Å². The standard InChI is InChI=1S/C21H25NO2/c1-16(20-15-23-18-11-5-6-12-19(18)24-20)22-21(13-7-8-14-21)17-9-3-2-4-10-17/h2-6,9-12,16,20,22H,7-8,13-15H2,1H3/t16-,20-/m1/s1. The molecule has 0 spiro atoms. The Morgan fingerprint density at radius 1 is 0.958 bits per heavy atom. The predicted octanol–water partition coefficient (Wildman–Crippen LogP) is 4.27. The normalized spacial score (nSPS) is 23.0. The van der Waals surface area contributed by atoms with Crippen molar-refractivity contribution in [2.45, 2.75) is 50.3 Å². The van der Waals surface area contributed by atoms with Gasteiger partial charge in [0.2, 0.25) is 0 Å². The van der Waals surface area contributed by atoms with Crippen molar-refractivity contribution in [1.82, 2.24) is 5.32 Å². The van der Waals surface area contributed by atoms with Gasteiger partial charge in [-0.05, 0) is 37.5 Å². The smallest absolute Gasteiger partial charge is 0.161 e. The first-order valence-corrected chi connectivity index (χ1v) is 8.99. The highest BCUT2D eigenvalue weighted by Crippen LogP contribution is 2.40. The molecule has 2 atom stereocenters. The van der Waals surface area contributed by atoms with Crippen molar-refractivity contribution in [2.75, 3.05) is 6.61 Å². The van der Waals surface area contributed by atoms with Crippen LogP contribution in [-0.4, -0.2) is 18.8 Å². The molecule has 0 bridgehead atoms. The van der Waals surface area contributed by atoms with E-state index in [2.05, 4.69) is 42.6 Å². The summed E-state index contributed by atoms with van der Waals surface area (Å²) in [4.78, 5) is 0. The van der Waals surface area contributed by atoms with Crippen molar-refractivity contribution in [3.63, 3.8) is 0 Å². The molecule has 2 aromatic rings. The zero-order chi connectivity index (χ0) is 16.4. The van der Waals surface area contributed by atoms with E-state index in [-0.39, 0.29) is 17.7 Å². The third-order valence-corrected chi connectivity index (χ3v) is 5.38. The molecule has 4 rings (SSSR count). The first-order chi connectivity index (χ1) is 11.8. The van der Waals surface area contributed by atoms with Gasteiger partial charge in [0.25, 0.3) is 0 Å². The molecule has 2 aromatic carbocycles. The van der Waals surface area contributed by atoms with E-state index in [4.69, 9.17) is 9.47 Å². The number of fused-ring (bicyclic) bond motifs is 1. The Morgan fingerprint density at radius 2 is 1.62 bits per heavy atom. The first kappa shape index (κ1) is 15.5. The zero-order valence-electron chi connectivity index (χ0n) is 14.2. The average molecular weight is 323 g/mol. The molecule has 24 heavy (non-hydrogen) atoms. The van der Waals surface area contributed by atoms with E-state index in [0.717, 1.165) is 11.5 Å². The summed E-state index contributed by atoms with van der Waals surface area (Å²) in [5, 5.41) is 3.90. The van der Waals surface area contributed by atoms with Crippen molar-refractivity contribution in [3.8, 4) is 11.5 Å². The van der Waals surface area contributed by atoms with Crippen LogP contribution < -0.4 is 14.8 Å². The summed E-state index contributed by atoms with van der Waals surface area (Å²) in [5.41, 5.74) is 1.47. The summed E-state index contributed by atoms with van der Waals surface area (Å²) < 4.78 is 12.1. The first-order valence-electron chi connectivity index (χ1n) is 8.99. The molecule has 2 aliphatic rings. The number of rotatable bonds is 4. The molecule has 0 unspecified atom stereocenters. The van der Waals surface area contributed by atoms with Gasteiger partial charge in [-0.1, -0.05) is 55.3 Å². The number of hydrogen-bond acceptors (Lipinski definition) is 3. The third kappa shape index (κ3) is 2.89. The molecular formula is C21H25NO2. The van der Waals surface area contributed by atoms with Crippen molar-refractivity contribution in [2.24, 2.45) is 0 Å². The van der Waals surface area contributed by atoms with E-state index in [9.17, 15) is 0 Å². The van der Waals surface area contributed by atoms with Crippen molar-refractivity contribution < 1.29 is 9.47 Å². The van der Waals surface area contributed by atoms with Crippen LogP contribution in [0, 0.1) is 0 Å². The summed E-state index contributed by atoms with van der Waals surface area (Å²) in [6, 6.07) is 19.0. The minimum absolute atomic E-state index is 0.0288. The molecule has 1 saturated carbocycles. The van der Waals surface area contributed by atoms with Gasteiger partial charge in [-0.2, -0.15) is 0 Å². The molecular weight excluding hydrogens is 298 g/mol. The third-order valence-electron chi connectivity index (χ3n) is 5.38. The summed E-state index contributed by atoms with van der Waals surface area (Å²) >= 11 is 0. The summed E-state index contributed by atoms with van der Waals surface area (Å²) in [5.74, 6) is 1.70. The predicted molar refractivity (Wildman–Crippen MR) is 95.5 cm³/mol. The largest absolute Gasteiger partial charge is 0.486 e. The van der Waals surface area contributed by atoms with E-state index in [1.807, 2.05) is 24.3 Å². The minimum Gasteiger partial charge on any atom is -0.486 e. The SMILES string of the molecule is C[C@@H](NC1(c2ccccc2)CCCC1)[C@H]1COc2ccccc2O1. The molecule has 0 aromatic heterocycles. The van der Waals surface area contributed by atoms with Gasteiger partial charge in [-0.3, -0.25) is 0 Å². The van der Waals surface area contributed by atoms with Crippen LogP contribution in [0.4, 0.5) is 0 Å². The lowest BCUT2D eigenvalue weighted by atomic mass is 9.87. The van der Waals surface area contributed by atoms with Gasteiger partial charge in [0.15, 0.2) is 11.5 Å². The van der Waals surface area contributed by atoms with Gasteiger partial charge in [0, 0.05) is 11.6 Å². The molecule has 1 fully saturated rings. The van der Waals surface area contributed by atoms with E-state index >= 15 is 0 Å². The lowest BCUT2D eigenvalue weighted by Gasteiger charge is -2.38. The monoisotopic (exact) mass is 323 g/mol. The fourth-order valence-electron chi connectivity index (χ4n) is 4.06. The number of nitrogens with one attached hydrogen (secondary N) is 1. The second-order valence-corrected chi connectivity index (χ2v) is 7.00. The fourth-order valence-corrected chi connectivity index (χ4v) is 4.06. The Balaban J connectivity index is 1.51. The molecule has 3 heteroatoms. The Hall–Kier alpha value is -2.00. The van der Waals surface area contributed by atoms with E-state index in [1.54, 1.807) is 0 Å². The van der Waals surface area contributed by atoms with Crippen molar-refractivity contribution in [3.05, 3.63) is 60.2 Å². The van der Waals surface area contributed by atoms with Gasteiger partial charge >= 0.3 is 0 Å². The highest BCUT2D eigenvalue weighted by molar-refractivity contribution is 5.40. The highest BCUT2D eigenvalue weighted by Gasteiger charge is 2.39. The molecule has 126 valence electrons. The summed E-state index contributed by atoms with van der Waals surface area (Å²) in [7, 11) is 0.